The fourth-order valence-electron chi connectivity index (χ4n) is 2.84. The molecule has 0 saturated carbocycles. The van der Waals surface area contributed by atoms with Crippen molar-refractivity contribution in [3.8, 4) is 0 Å². The van der Waals surface area contributed by atoms with Crippen molar-refractivity contribution in [2.45, 2.75) is 19.8 Å². The number of nitrogen functional groups attached to an aromatic ring is 1. The van der Waals surface area contributed by atoms with Gasteiger partial charge < -0.3 is 15.5 Å². The van der Waals surface area contributed by atoms with Crippen LogP contribution in [-0.2, 0) is 9.53 Å². The fraction of sp³-hybridized carbons (Fsp3) is 0.182. The summed E-state index contributed by atoms with van der Waals surface area (Å²) in [5.74, 6) is -2.19. The van der Waals surface area contributed by atoms with E-state index in [1.807, 2.05) is 6.92 Å². The first-order valence-corrected chi connectivity index (χ1v) is 10.1. The minimum absolute atomic E-state index is 0.0242. The summed E-state index contributed by atoms with van der Waals surface area (Å²) in [7, 11) is 0. The minimum Gasteiger partial charge on any atom is -0.463 e. The number of hydrogen-bond acceptors (Lipinski definition) is 8. The summed E-state index contributed by atoms with van der Waals surface area (Å²) in [4.78, 5) is 44.6. The second-order valence-electron chi connectivity index (χ2n) is 7.01. The van der Waals surface area contributed by atoms with Crippen molar-refractivity contribution in [1.82, 2.24) is 4.98 Å². The van der Waals surface area contributed by atoms with Crippen molar-refractivity contribution in [2.24, 2.45) is 0 Å². The summed E-state index contributed by atoms with van der Waals surface area (Å²) < 4.78 is 30.9. The summed E-state index contributed by atoms with van der Waals surface area (Å²) in [5, 5.41) is 21.6. The number of aromatic amines is 1. The first kappa shape index (κ1) is 26.6. The second kappa shape index (κ2) is 12.0. The van der Waals surface area contributed by atoms with Crippen LogP contribution in [0.1, 0.15) is 25.3 Å². The predicted octanol–water partition coefficient (Wildman–Crippen LogP) is 4.25. The summed E-state index contributed by atoms with van der Waals surface area (Å²) in [6.45, 7) is 2.23. The maximum absolute atomic E-state index is 13.1. The van der Waals surface area contributed by atoms with Gasteiger partial charge in [0.25, 0.3) is 11.4 Å². The molecule has 0 radical (unpaired) electrons. The van der Waals surface area contributed by atoms with E-state index >= 15 is 0 Å². The zero-order valence-corrected chi connectivity index (χ0v) is 18.3. The van der Waals surface area contributed by atoms with E-state index in [-0.39, 0.29) is 34.4 Å². The lowest BCUT2D eigenvalue weighted by molar-refractivity contribution is -0.385. The van der Waals surface area contributed by atoms with Gasteiger partial charge in [-0.2, -0.15) is 0 Å². The van der Waals surface area contributed by atoms with Crippen molar-refractivity contribution >= 4 is 40.0 Å². The van der Waals surface area contributed by atoms with Crippen molar-refractivity contribution in [3.05, 3.63) is 90.3 Å². The summed E-state index contributed by atoms with van der Waals surface area (Å²) in [6.07, 6.45) is 3.80. The summed E-state index contributed by atoms with van der Waals surface area (Å²) >= 11 is 0. The van der Waals surface area contributed by atoms with E-state index < -0.39 is 38.7 Å². The van der Waals surface area contributed by atoms with E-state index in [2.05, 4.69) is 4.98 Å². The van der Waals surface area contributed by atoms with Gasteiger partial charge in [0, 0.05) is 17.8 Å². The first-order valence-electron chi connectivity index (χ1n) is 10.1. The van der Waals surface area contributed by atoms with Crippen LogP contribution in [0.2, 0.25) is 0 Å². The molecule has 0 atom stereocenters. The highest BCUT2D eigenvalue weighted by atomic mass is 19.1. The molecule has 35 heavy (non-hydrogen) atoms. The number of benzene rings is 2. The Hall–Kier alpha value is -4.68. The van der Waals surface area contributed by atoms with Gasteiger partial charge in [0.2, 0.25) is 5.56 Å². The number of nitrogens with zero attached hydrogens (tertiary/aromatic N) is 2. The van der Waals surface area contributed by atoms with E-state index in [0.29, 0.717) is 0 Å². The van der Waals surface area contributed by atoms with Gasteiger partial charge in [0.05, 0.1) is 45.1 Å². The number of H-pyrrole nitrogens is 1. The normalized spacial score (nSPS) is 10.6. The van der Waals surface area contributed by atoms with E-state index in [0.717, 1.165) is 55.3 Å². The quantitative estimate of drug-likeness (QED) is 0.124. The highest BCUT2D eigenvalue weighted by Gasteiger charge is 2.17. The largest absolute Gasteiger partial charge is 0.463 e. The third-order valence-corrected chi connectivity index (χ3v) is 4.46. The Bertz CT molecular complexity index is 1360. The maximum Gasteiger partial charge on any atom is 0.330 e. The molecule has 0 amide bonds. The number of anilines is 1. The van der Waals surface area contributed by atoms with E-state index in [9.17, 15) is 38.6 Å². The lowest BCUT2D eigenvalue weighted by atomic mass is 10.1. The number of carbonyl (C=O) groups is 1. The second-order valence-corrected chi connectivity index (χ2v) is 7.01. The lowest BCUT2D eigenvalue weighted by Crippen LogP contribution is -2.03. The number of nitrogens with two attached hydrogens (primary N) is 1. The molecule has 0 aliphatic rings. The van der Waals surface area contributed by atoms with Crippen molar-refractivity contribution in [1.29, 1.82) is 0 Å². The highest BCUT2D eigenvalue weighted by Crippen LogP contribution is 2.27. The predicted molar refractivity (Wildman–Crippen MR) is 124 cm³/mol. The van der Waals surface area contributed by atoms with Crippen LogP contribution in [0.3, 0.4) is 0 Å². The van der Waals surface area contributed by atoms with Crippen LogP contribution in [0.4, 0.5) is 25.8 Å². The smallest absolute Gasteiger partial charge is 0.330 e. The molecular weight excluding hydrogens is 470 g/mol. The number of halogens is 2. The Balaban J connectivity index is 0.000000256. The molecular formula is C22H20F2N4O7. The number of fused-ring (bicyclic) bond motifs is 1. The summed E-state index contributed by atoms with van der Waals surface area (Å²) in [6, 6.07) is 6.02. The molecule has 11 nitrogen and oxygen atoms in total. The molecule has 0 saturated heterocycles. The Kier molecular flexibility index (Phi) is 9.09. The molecule has 1 heterocycles. The SMILES string of the molecule is CCCCOC(=O)/C=C/c1c(N)cc(F)cc1[N+](=O)[O-].O=c1ccc2c([N+](=O)[O-])cc(F)cc2[nH]1. The van der Waals surface area contributed by atoms with Crippen molar-refractivity contribution in [2.75, 3.05) is 12.3 Å². The molecule has 0 unspecified atom stereocenters. The molecule has 3 rings (SSSR count). The van der Waals surface area contributed by atoms with E-state index in [1.165, 1.54) is 6.07 Å². The Morgan fingerprint density at radius 1 is 1.09 bits per heavy atom. The number of esters is 1. The minimum atomic E-state index is -0.808. The number of nitrogens with one attached hydrogen (secondary N) is 1. The molecule has 0 bridgehead atoms. The van der Waals surface area contributed by atoms with Gasteiger partial charge in [-0.1, -0.05) is 13.3 Å². The molecule has 3 N–H and O–H groups in total. The van der Waals surface area contributed by atoms with Crippen LogP contribution in [0.15, 0.2) is 47.3 Å². The van der Waals surface area contributed by atoms with Gasteiger partial charge in [-0.3, -0.25) is 25.0 Å². The highest BCUT2D eigenvalue weighted by molar-refractivity contribution is 5.90. The van der Waals surface area contributed by atoms with Crippen molar-refractivity contribution in [3.63, 3.8) is 0 Å². The molecule has 3 aromatic rings. The average Bonchev–Trinajstić information content (AvgIpc) is 2.77. The number of nitro benzene ring substituents is 2. The van der Waals surface area contributed by atoms with Gasteiger partial charge in [-0.05, 0) is 30.7 Å². The van der Waals surface area contributed by atoms with E-state index in [4.69, 9.17) is 10.5 Å². The Morgan fingerprint density at radius 2 is 1.71 bits per heavy atom. The third-order valence-electron chi connectivity index (χ3n) is 4.46. The fourth-order valence-corrected chi connectivity index (χ4v) is 2.84. The number of nitro groups is 2. The summed E-state index contributed by atoms with van der Waals surface area (Å²) in [5.41, 5.74) is 4.21. The molecule has 0 aliphatic carbocycles. The molecule has 184 valence electrons. The lowest BCUT2D eigenvalue weighted by Gasteiger charge is -2.03. The number of aromatic nitrogens is 1. The average molecular weight is 490 g/mol. The van der Waals surface area contributed by atoms with Crippen LogP contribution >= 0.6 is 0 Å². The zero-order valence-electron chi connectivity index (χ0n) is 18.3. The van der Waals surface area contributed by atoms with Crippen molar-refractivity contribution < 1.29 is 28.2 Å². The van der Waals surface area contributed by atoms with Gasteiger partial charge in [0.1, 0.15) is 11.6 Å². The molecule has 0 fully saturated rings. The molecule has 0 spiro atoms. The van der Waals surface area contributed by atoms with Gasteiger partial charge in [0.15, 0.2) is 0 Å². The standard InChI is InChI=1S/C13H15FN2O4.C9H5FN2O3/c1-2-3-6-20-13(17)5-4-10-11(15)7-9(14)8-12(10)16(18)19;10-5-3-7-6(1-2-9(13)11-7)8(4-5)12(14)15/h4-5,7-8H,2-3,6,15H2,1H3;1-4H,(H,11,13)/b5-4+;. The van der Waals surface area contributed by atoms with Gasteiger partial charge >= 0.3 is 5.97 Å². The number of non-ortho nitro benzene ring substituents is 1. The zero-order chi connectivity index (χ0) is 26.1. The number of carbonyl (C=O) groups excluding carboxylic acids is 1. The topological polar surface area (TPSA) is 171 Å². The van der Waals surface area contributed by atoms with Crippen LogP contribution < -0.4 is 11.3 Å². The number of hydrogen-bond donors (Lipinski definition) is 2. The van der Waals surface area contributed by atoms with Gasteiger partial charge in [-0.25, -0.2) is 13.6 Å². The number of ether oxygens (including phenoxy) is 1. The van der Waals surface area contributed by atoms with Gasteiger partial charge in [-0.15, -0.1) is 0 Å². The molecule has 1 aromatic heterocycles. The first-order chi connectivity index (χ1) is 16.5. The maximum atomic E-state index is 13.1. The Morgan fingerprint density at radius 3 is 2.34 bits per heavy atom. The third kappa shape index (κ3) is 7.42. The monoisotopic (exact) mass is 490 g/mol. The molecule has 2 aromatic carbocycles. The van der Waals surface area contributed by atoms with Crippen LogP contribution in [0, 0.1) is 31.9 Å². The number of unbranched alkanes of at least 4 members (excludes halogenated alkanes) is 1. The van der Waals surface area contributed by atoms with Crippen LogP contribution in [0.5, 0.6) is 0 Å². The Labute approximate surface area is 196 Å². The molecule has 13 heteroatoms. The van der Waals surface area contributed by atoms with Crippen LogP contribution in [0.25, 0.3) is 17.0 Å². The molecule has 0 aliphatic heterocycles. The number of pyridine rings is 1. The number of rotatable bonds is 7. The van der Waals surface area contributed by atoms with Crippen LogP contribution in [-0.4, -0.2) is 27.4 Å². The van der Waals surface area contributed by atoms with E-state index in [1.54, 1.807) is 0 Å².